The Kier molecular flexibility index (Phi) is 4.96. The van der Waals surface area contributed by atoms with E-state index < -0.39 is 0 Å². The summed E-state index contributed by atoms with van der Waals surface area (Å²) >= 11 is 0. The Hall–Kier alpha value is -1.88. The van der Waals surface area contributed by atoms with Crippen LogP contribution in [0.1, 0.15) is 25.3 Å². The maximum atomic E-state index is 12.1. The molecule has 0 aliphatic carbocycles. The number of carbonyl (C=O) groups excluding carboxylic acids is 2. The first kappa shape index (κ1) is 15.5. The SMILES string of the molecule is Cc1ccc(N2CC(C(=O)NC(C)CCO)CC2=O)cc1. The van der Waals surface area contributed by atoms with Gasteiger partial charge in [-0.15, -0.1) is 0 Å². The smallest absolute Gasteiger partial charge is 0.227 e. The molecule has 1 aromatic carbocycles. The van der Waals surface area contributed by atoms with Crippen LogP contribution in [0.5, 0.6) is 0 Å². The second-order valence-electron chi connectivity index (χ2n) is 5.66. The van der Waals surface area contributed by atoms with Crippen molar-refractivity contribution in [2.24, 2.45) is 5.92 Å². The summed E-state index contributed by atoms with van der Waals surface area (Å²) in [7, 11) is 0. The van der Waals surface area contributed by atoms with E-state index >= 15 is 0 Å². The number of carbonyl (C=O) groups is 2. The topological polar surface area (TPSA) is 69.6 Å². The molecule has 5 nitrogen and oxygen atoms in total. The highest BCUT2D eigenvalue weighted by atomic mass is 16.3. The third-order valence-corrected chi connectivity index (χ3v) is 3.79. The van der Waals surface area contributed by atoms with E-state index in [4.69, 9.17) is 5.11 Å². The van der Waals surface area contributed by atoms with E-state index in [0.29, 0.717) is 13.0 Å². The van der Waals surface area contributed by atoms with Crippen molar-refractivity contribution in [2.45, 2.75) is 32.7 Å². The van der Waals surface area contributed by atoms with Gasteiger partial charge in [-0.3, -0.25) is 9.59 Å². The number of benzene rings is 1. The summed E-state index contributed by atoms with van der Waals surface area (Å²) in [5, 5.41) is 11.7. The van der Waals surface area contributed by atoms with Crippen molar-refractivity contribution in [1.82, 2.24) is 5.32 Å². The number of rotatable bonds is 5. The molecule has 1 aromatic rings. The first-order valence-corrected chi connectivity index (χ1v) is 7.29. The Labute approximate surface area is 125 Å². The highest BCUT2D eigenvalue weighted by Crippen LogP contribution is 2.25. The van der Waals surface area contributed by atoms with Gasteiger partial charge in [-0.2, -0.15) is 0 Å². The number of aryl methyl sites for hydroxylation is 1. The standard InChI is InChI=1S/C16H22N2O3/c1-11-3-5-14(6-4-11)18-10-13(9-15(18)20)16(21)17-12(2)7-8-19/h3-6,12-13,19H,7-10H2,1-2H3,(H,17,21). The third kappa shape index (κ3) is 3.82. The zero-order valence-corrected chi connectivity index (χ0v) is 12.5. The molecule has 0 aromatic heterocycles. The van der Waals surface area contributed by atoms with Crippen molar-refractivity contribution in [2.75, 3.05) is 18.1 Å². The van der Waals surface area contributed by atoms with E-state index in [9.17, 15) is 9.59 Å². The van der Waals surface area contributed by atoms with Gasteiger partial charge < -0.3 is 15.3 Å². The molecule has 1 aliphatic heterocycles. The average Bonchev–Trinajstić information content (AvgIpc) is 2.82. The van der Waals surface area contributed by atoms with E-state index in [2.05, 4.69) is 5.32 Å². The van der Waals surface area contributed by atoms with Crippen molar-refractivity contribution in [1.29, 1.82) is 0 Å². The van der Waals surface area contributed by atoms with Gasteiger partial charge >= 0.3 is 0 Å². The van der Waals surface area contributed by atoms with Gasteiger partial charge in [-0.25, -0.2) is 0 Å². The molecular weight excluding hydrogens is 268 g/mol. The van der Waals surface area contributed by atoms with Crippen molar-refractivity contribution in [3.8, 4) is 0 Å². The lowest BCUT2D eigenvalue weighted by molar-refractivity contribution is -0.126. The van der Waals surface area contributed by atoms with E-state index in [0.717, 1.165) is 11.3 Å². The summed E-state index contributed by atoms with van der Waals surface area (Å²) in [6.07, 6.45) is 0.764. The Morgan fingerprint density at radius 2 is 2.10 bits per heavy atom. The molecule has 2 N–H and O–H groups in total. The second kappa shape index (κ2) is 6.72. The lowest BCUT2D eigenvalue weighted by atomic mass is 10.1. The van der Waals surface area contributed by atoms with Gasteiger partial charge in [0.05, 0.1) is 5.92 Å². The predicted octanol–water partition coefficient (Wildman–Crippen LogP) is 1.24. The molecule has 0 spiro atoms. The van der Waals surface area contributed by atoms with Gasteiger partial charge in [-0.05, 0) is 32.4 Å². The fourth-order valence-corrected chi connectivity index (χ4v) is 2.48. The summed E-state index contributed by atoms with van der Waals surface area (Å²) in [5.41, 5.74) is 1.97. The van der Waals surface area contributed by atoms with Crippen LogP contribution in [0.3, 0.4) is 0 Å². The van der Waals surface area contributed by atoms with Gasteiger partial charge in [0, 0.05) is 31.3 Å². The van der Waals surface area contributed by atoms with Gasteiger partial charge in [-0.1, -0.05) is 17.7 Å². The first-order chi connectivity index (χ1) is 10.0. The normalized spacial score (nSPS) is 19.7. The molecule has 1 heterocycles. The van der Waals surface area contributed by atoms with Crippen LogP contribution < -0.4 is 10.2 Å². The van der Waals surface area contributed by atoms with Crippen LogP contribution in [-0.4, -0.2) is 36.1 Å². The number of hydrogen-bond donors (Lipinski definition) is 2. The van der Waals surface area contributed by atoms with E-state index in [1.54, 1.807) is 4.90 Å². The molecule has 1 fully saturated rings. The molecule has 5 heteroatoms. The molecule has 2 unspecified atom stereocenters. The first-order valence-electron chi connectivity index (χ1n) is 7.29. The number of aliphatic hydroxyl groups is 1. The predicted molar refractivity (Wildman–Crippen MR) is 80.9 cm³/mol. The summed E-state index contributed by atoms with van der Waals surface area (Å²) in [5.74, 6) is -0.451. The fourth-order valence-electron chi connectivity index (χ4n) is 2.48. The number of amides is 2. The molecule has 21 heavy (non-hydrogen) atoms. The number of aliphatic hydroxyl groups excluding tert-OH is 1. The van der Waals surface area contributed by atoms with Gasteiger partial charge in [0.15, 0.2) is 0 Å². The maximum Gasteiger partial charge on any atom is 0.227 e. The van der Waals surface area contributed by atoms with Gasteiger partial charge in [0.1, 0.15) is 0 Å². The number of nitrogens with one attached hydrogen (secondary N) is 1. The molecule has 1 saturated heterocycles. The van der Waals surface area contributed by atoms with Crippen LogP contribution in [0.2, 0.25) is 0 Å². The van der Waals surface area contributed by atoms with Crippen LogP contribution in [0.15, 0.2) is 24.3 Å². The van der Waals surface area contributed by atoms with Crippen LogP contribution in [-0.2, 0) is 9.59 Å². The quantitative estimate of drug-likeness (QED) is 0.857. The van der Waals surface area contributed by atoms with E-state index in [1.807, 2.05) is 38.1 Å². The summed E-state index contributed by atoms with van der Waals surface area (Å²) < 4.78 is 0. The highest BCUT2D eigenvalue weighted by Gasteiger charge is 2.35. The number of nitrogens with zero attached hydrogens (tertiary/aromatic N) is 1. The van der Waals surface area contributed by atoms with Gasteiger partial charge in [0.2, 0.25) is 11.8 Å². The molecule has 2 rings (SSSR count). The lowest BCUT2D eigenvalue weighted by Crippen LogP contribution is -2.38. The summed E-state index contributed by atoms with van der Waals surface area (Å²) in [4.78, 5) is 25.9. The zero-order chi connectivity index (χ0) is 15.4. The molecule has 114 valence electrons. The monoisotopic (exact) mass is 290 g/mol. The minimum absolute atomic E-state index is 0.0196. The summed E-state index contributed by atoms with van der Waals surface area (Å²) in [6.45, 7) is 4.30. The Morgan fingerprint density at radius 3 is 2.71 bits per heavy atom. The third-order valence-electron chi connectivity index (χ3n) is 3.79. The van der Waals surface area contributed by atoms with Crippen molar-refractivity contribution >= 4 is 17.5 Å². The summed E-state index contributed by atoms with van der Waals surface area (Å²) in [6, 6.07) is 7.65. The van der Waals surface area contributed by atoms with Crippen molar-refractivity contribution in [3.05, 3.63) is 29.8 Å². The Balaban J connectivity index is 1.99. The van der Waals surface area contributed by atoms with Gasteiger partial charge in [0.25, 0.3) is 0 Å². The minimum Gasteiger partial charge on any atom is -0.396 e. The average molecular weight is 290 g/mol. The highest BCUT2D eigenvalue weighted by molar-refractivity contribution is 6.00. The largest absolute Gasteiger partial charge is 0.396 e. The number of anilines is 1. The molecule has 0 saturated carbocycles. The van der Waals surface area contributed by atoms with E-state index in [-0.39, 0.29) is 36.8 Å². The number of hydrogen-bond acceptors (Lipinski definition) is 3. The molecule has 0 bridgehead atoms. The zero-order valence-electron chi connectivity index (χ0n) is 12.5. The van der Waals surface area contributed by atoms with E-state index in [1.165, 1.54) is 0 Å². The Morgan fingerprint density at radius 1 is 1.43 bits per heavy atom. The van der Waals surface area contributed by atoms with Crippen LogP contribution >= 0.6 is 0 Å². The molecule has 2 amide bonds. The minimum atomic E-state index is -0.319. The maximum absolute atomic E-state index is 12.1. The van der Waals surface area contributed by atoms with Crippen molar-refractivity contribution < 1.29 is 14.7 Å². The van der Waals surface area contributed by atoms with Crippen LogP contribution in [0.4, 0.5) is 5.69 Å². The lowest BCUT2D eigenvalue weighted by Gasteiger charge is -2.18. The molecule has 1 aliphatic rings. The molecule has 0 radical (unpaired) electrons. The second-order valence-corrected chi connectivity index (χ2v) is 5.66. The van der Waals surface area contributed by atoms with Crippen LogP contribution in [0.25, 0.3) is 0 Å². The van der Waals surface area contributed by atoms with Crippen LogP contribution in [0, 0.1) is 12.8 Å². The molecular formula is C16H22N2O3. The van der Waals surface area contributed by atoms with Crippen molar-refractivity contribution in [3.63, 3.8) is 0 Å². The Bertz CT molecular complexity index is 513. The fraction of sp³-hybridized carbons (Fsp3) is 0.500. The molecule has 2 atom stereocenters.